The monoisotopic (exact) mass is 327 g/mol. The first-order chi connectivity index (χ1) is 10.5. The Balaban J connectivity index is 1.69. The lowest BCUT2D eigenvalue weighted by atomic mass is 10.1. The van der Waals surface area contributed by atoms with Gasteiger partial charge in [-0.1, -0.05) is 12.8 Å². The Hall–Kier alpha value is -1.15. The Morgan fingerprint density at radius 2 is 1.73 bits per heavy atom. The molecule has 124 valence electrons. The minimum absolute atomic E-state index is 0.169. The lowest BCUT2D eigenvalue weighted by Crippen LogP contribution is -2.49. The average Bonchev–Trinajstić information content (AvgIpc) is 3.16. The van der Waals surface area contributed by atoms with Crippen LogP contribution in [0.4, 0.5) is 5.95 Å². The minimum Gasteiger partial charge on any atom is -0.338 e. The molecule has 2 aliphatic rings. The first-order valence-corrected chi connectivity index (χ1v) is 9.76. The lowest BCUT2D eigenvalue weighted by molar-refractivity contribution is 0.382. The molecular formula is C14H25N5O2S. The van der Waals surface area contributed by atoms with E-state index in [-0.39, 0.29) is 5.75 Å². The zero-order valence-electron chi connectivity index (χ0n) is 13.4. The molecule has 7 nitrogen and oxygen atoms in total. The molecule has 2 fully saturated rings. The van der Waals surface area contributed by atoms with Crippen molar-refractivity contribution in [2.75, 3.05) is 36.8 Å². The first-order valence-electron chi connectivity index (χ1n) is 8.15. The van der Waals surface area contributed by atoms with Crippen LogP contribution in [0.1, 0.15) is 44.3 Å². The smallest absolute Gasteiger partial charge is 0.227 e. The van der Waals surface area contributed by atoms with Crippen molar-refractivity contribution < 1.29 is 8.42 Å². The molecule has 0 radical (unpaired) electrons. The van der Waals surface area contributed by atoms with Gasteiger partial charge in [0.25, 0.3) is 0 Å². The van der Waals surface area contributed by atoms with Crippen LogP contribution in [-0.2, 0) is 17.1 Å². The van der Waals surface area contributed by atoms with Gasteiger partial charge < -0.3 is 9.47 Å². The van der Waals surface area contributed by atoms with Crippen LogP contribution in [0.15, 0.2) is 0 Å². The van der Waals surface area contributed by atoms with Gasteiger partial charge in [-0.2, -0.15) is 4.31 Å². The van der Waals surface area contributed by atoms with E-state index in [1.165, 1.54) is 25.7 Å². The van der Waals surface area contributed by atoms with Crippen LogP contribution in [0.25, 0.3) is 0 Å². The molecule has 0 aromatic carbocycles. The van der Waals surface area contributed by atoms with Crippen molar-refractivity contribution in [1.29, 1.82) is 0 Å². The van der Waals surface area contributed by atoms with E-state index in [1.807, 2.05) is 7.05 Å². The number of rotatable bonds is 4. The van der Waals surface area contributed by atoms with Gasteiger partial charge in [0, 0.05) is 39.1 Å². The predicted molar refractivity (Wildman–Crippen MR) is 85.5 cm³/mol. The standard InChI is InChI=1S/C14H25N5O2S/c1-3-22(20,21)19-10-8-18(9-11-19)14-16-15-13(17(14)2)12-6-4-5-7-12/h12H,3-11H2,1-2H3. The second-order valence-corrected chi connectivity index (χ2v) is 8.44. The fourth-order valence-electron chi connectivity index (χ4n) is 3.50. The van der Waals surface area contributed by atoms with E-state index in [2.05, 4.69) is 19.7 Å². The molecule has 1 aromatic heterocycles. The third-order valence-electron chi connectivity index (χ3n) is 4.89. The summed E-state index contributed by atoms with van der Waals surface area (Å²) >= 11 is 0. The molecule has 1 saturated heterocycles. The number of piperazine rings is 1. The number of sulfonamides is 1. The SMILES string of the molecule is CCS(=O)(=O)N1CCN(c2nnc(C3CCCC3)n2C)CC1. The summed E-state index contributed by atoms with van der Waals surface area (Å²) in [5.41, 5.74) is 0. The highest BCUT2D eigenvalue weighted by Gasteiger charge is 2.29. The maximum atomic E-state index is 11.9. The normalized spacial score (nSPS) is 21.6. The topological polar surface area (TPSA) is 71.3 Å². The molecule has 0 N–H and O–H groups in total. The van der Waals surface area contributed by atoms with E-state index >= 15 is 0 Å². The lowest BCUT2D eigenvalue weighted by Gasteiger charge is -2.34. The summed E-state index contributed by atoms with van der Waals surface area (Å²) < 4.78 is 27.5. The van der Waals surface area contributed by atoms with Crippen LogP contribution in [0, 0.1) is 0 Å². The highest BCUT2D eigenvalue weighted by Crippen LogP contribution is 2.33. The third-order valence-corrected chi connectivity index (χ3v) is 6.77. The molecule has 0 spiro atoms. The van der Waals surface area contributed by atoms with Crippen molar-refractivity contribution in [3.63, 3.8) is 0 Å². The Morgan fingerprint density at radius 3 is 2.32 bits per heavy atom. The van der Waals surface area contributed by atoms with Gasteiger partial charge in [-0.15, -0.1) is 10.2 Å². The number of hydrogen-bond acceptors (Lipinski definition) is 5. The number of aromatic nitrogens is 3. The van der Waals surface area contributed by atoms with Crippen molar-refractivity contribution in [3.05, 3.63) is 5.82 Å². The van der Waals surface area contributed by atoms with Gasteiger partial charge in [0.1, 0.15) is 5.82 Å². The Labute approximate surface area is 132 Å². The zero-order chi connectivity index (χ0) is 15.7. The maximum absolute atomic E-state index is 11.9. The first kappa shape index (κ1) is 15.7. The fourth-order valence-corrected chi connectivity index (χ4v) is 4.58. The van der Waals surface area contributed by atoms with Gasteiger partial charge in [-0.05, 0) is 19.8 Å². The fraction of sp³-hybridized carbons (Fsp3) is 0.857. The van der Waals surface area contributed by atoms with E-state index in [0.29, 0.717) is 32.1 Å². The molecule has 1 aliphatic carbocycles. The zero-order valence-corrected chi connectivity index (χ0v) is 14.2. The number of anilines is 1. The summed E-state index contributed by atoms with van der Waals surface area (Å²) in [7, 11) is -1.06. The molecule has 1 saturated carbocycles. The Bertz CT molecular complexity index is 613. The Morgan fingerprint density at radius 1 is 1.09 bits per heavy atom. The molecular weight excluding hydrogens is 302 g/mol. The van der Waals surface area contributed by atoms with Gasteiger partial charge in [0.05, 0.1) is 5.75 Å². The van der Waals surface area contributed by atoms with Gasteiger partial charge >= 0.3 is 0 Å². The Kier molecular flexibility index (Phi) is 4.40. The van der Waals surface area contributed by atoms with Crippen LogP contribution < -0.4 is 4.90 Å². The minimum atomic E-state index is -3.08. The molecule has 1 aromatic rings. The molecule has 0 atom stereocenters. The molecule has 1 aliphatic heterocycles. The van der Waals surface area contributed by atoms with Gasteiger partial charge in [-0.3, -0.25) is 0 Å². The van der Waals surface area contributed by atoms with Gasteiger partial charge in [0.15, 0.2) is 0 Å². The van der Waals surface area contributed by atoms with Gasteiger partial charge in [0.2, 0.25) is 16.0 Å². The molecule has 0 amide bonds. The van der Waals surface area contributed by atoms with Crippen molar-refractivity contribution in [2.45, 2.75) is 38.5 Å². The molecule has 0 bridgehead atoms. The van der Waals surface area contributed by atoms with Crippen LogP contribution in [0.5, 0.6) is 0 Å². The van der Waals surface area contributed by atoms with Crippen molar-refractivity contribution in [1.82, 2.24) is 19.1 Å². The summed E-state index contributed by atoms with van der Waals surface area (Å²) in [5, 5.41) is 8.76. The molecule has 22 heavy (non-hydrogen) atoms. The van der Waals surface area contributed by atoms with Crippen LogP contribution in [0.3, 0.4) is 0 Å². The van der Waals surface area contributed by atoms with E-state index < -0.39 is 10.0 Å². The van der Waals surface area contributed by atoms with E-state index in [0.717, 1.165) is 11.8 Å². The summed E-state index contributed by atoms with van der Waals surface area (Å²) in [6, 6.07) is 0. The van der Waals surface area contributed by atoms with E-state index in [9.17, 15) is 8.42 Å². The van der Waals surface area contributed by atoms with Gasteiger partial charge in [-0.25, -0.2) is 8.42 Å². The van der Waals surface area contributed by atoms with E-state index in [4.69, 9.17) is 0 Å². The number of hydrogen-bond donors (Lipinski definition) is 0. The van der Waals surface area contributed by atoms with E-state index in [1.54, 1.807) is 11.2 Å². The van der Waals surface area contributed by atoms with Crippen LogP contribution in [0.2, 0.25) is 0 Å². The summed E-state index contributed by atoms with van der Waals surface area (Å²) in [6.07, 6.45) is 4.96. The second-order valence-electron chi connectivity index (χ2n) is 6.19. The third kappa shape index (κ3) is 2.86. The largest absolute Gasteiger partial charge is 0.338 e. The van der Waals surface area contributed by atoms with Crippen molar-refractivity contribution in [3.8, 4) is 0 Å². The van der Waals surface area contributed by atoms with Crippen LogP contribution >= 0.6 is 0 Å². The van der Waals surface area contributed by atoms with Crippen molar-refractivity contribution >= 4 is 16.0 Å². The average molecular weight is 327 g/mol. The quantitative estimate of drug-likeness (QED) is 0.823. The summed E-state index contributed by atoms with van der Waals surface area (Å²) in [5.74, 6) is 2.66. The predicted octanol–water partition coefficient (Wildman–Crippen LogP) is 0.944. The number of nitrogens with zero attached hydrogens (tertiary/aromatic N) is 5. The molecule has 8 heteroatoms. The van der Waals surface area contributed by atoms with Crippen molar-refractivity contribution in [2.24, 2.45) is 7.05 Å². The highest BCUT2D eigenvalue weighted by atomic mass is 32.2. The summed E-state index contributed by atoms with van der Waals surface area (Å²) in [4.78, 5) is 2.15. The molecule has 2 heterocycles. The molecule has 0 unspecified atom stereocenters. The maximum Gasteiger partial charge on any atom is 0.227 e. The second kappa shape index (κ2) is 6.16. The summed E-state index contributed by atoms with van der Waals surface area (Å²) in [6.45, 7) is 4.10. The highest BCUT2D eigenvalue weighted by molar-refractivity contribution is 7.89. The molecule has 3 rings (SSSR count). The van der Waals surface area contributed by atoms with Crippen LogP contribution in [-0.4, -0.2) is 59.4 Å².